The number of carbonyl (C=O) groups excluding carboxylic acids is 1. The van der Waals surface area contributed by atoms with Gasteiger partial charge in [0.2, 0.25) is 5.91 Å². The molecule has 0 aliphatic carbocycles. The molecule has 0 aromatic heterocycles. The van der Waals surface area contributed by atoms with Crippen molar-refractivity contribution in [3.8, 4) is 0 Å². The number of hydrogen-bond donors (Lipinski definition) is 2. The van der Waals surface area contributed by atoms with Gasteiger partial charge in [0.25, 0.3) is 0 Å². The standard InChI is InChI=1S/C18H37FN2O3/c1-6-16(7-2)20-10-8-11-23-12-9-13-24-18(4,5)17(19)14-21-15(3)22/h16-17,20H,6-14H2,1-5H3,(H,21,22). The first-order valence-electron chi connectivity index (χ1n) is 9.17. The summed E-state index contributed by atoms with van der Waals surface area (Å²) in [6.07, 6.45) is 2.80. The Morgan fingerprint density at radius 3 is 2.33 bits per heavy atom. The molecule has 2 N–H and O–H groups in total. The van der Waals surface area contributed by atoms with Crippen molar-refractivity contribution in [1.82, 2.24) is 10.6 Å². The maximum Gasteiger partial charge on any atom is 0.216 e. The maximum atomic E-state index is 14.0. The first-order chi connectivity index (χ1) is 11.3. The van der Waals surface area contributed by atoms with Crippen molar-refractivity contribution < 1.29 is 18.7 Å². The average Bonchev–Trinajstić information content (AvgIpc) is 2.54. The lowest BCUT2D eigenvalue weighted by Gasteiger charge is -2.29. The molecule has 0 heterocycles. The third-order valence-corrected chi connectivity index (χ3v) is 4.08. The lowest BCUT2D eigenvalue weighted by molar-refractivity contribution is -0.120. The Kier molecular flexibility index (Phi) is 13.2. The van der Waals surface area contributed by atoms with Crippen LogP contribution >= 0.6 is 0 Å². The summed E-state index contributed by atoms with van der Waals surface area (Å²) < 4.78 is 25.2. The quantitative estimate of drug-likeness (QED) is 0.447. The molecule has 0 aliphatic rings. The van der Waals surface area contributed by atoms with Gasteiger partial charge in [-0.25, -0.2) is 4.39 Å². The number of rotatable bonds is 15. The summed E-state index contributed by atoms with van der Waals surface area (Å²) in [5, 5.41) is 5.97. The molecule has 0 aromatic rings. The highest BCUT2D eigenvalue weighted by atomic mass is 19.1. The van der Waals surface area contributed by atoms with Gasteiger partial charge in [0.05, 0.1) is 12.1 Å². The minimum Gasteiger partial charge on any atom is -0.381 e. The number of carbonyl (C=O) groups is 1. The van der Waals surface area contributed by atoms with Crippen LogP contribution in [0.25, 0.3) is 0 Å². The Bertz CT molecular complexity index is 323. The zero-order valence-electron chi connectivity index (χ0n) is 16.1. The van der Waals surface area contributed by atoms with Gasteiger partial charge >= 0.3 is 0 Å². The maximum absolute atomic E-state index is 14.0. The second kappa shape index (κ2) is 13.6. The van der Waals surface area contributed by atoms with Crippen molar-refractivity contribution in [2.75, 3.05) is 32.9 Å². The third kappa shape index (κ3) is 11.8. The molecule has 0 rings (SSSR count). The number of halogens is 1. The molecule has 0 aromatic carbocycles. The van der Waals surface area contributed by atoms with E-state index in [-0.39, 0.29) is 12.5 Å². The summed E-state index contributed by atoms with van der Waals surface area (Å²) in [6, 6.07) is 0.603. The van der Waals surface area contributed by atoms with E-state index in [9.17, 15) is 9.18 Å². The van der Waals surface area contributed by atoms with Crippen molar-refractivity contribution in [2.45, 2.75) is 78.1 Å². The largest absolute Gasteiger partial charge is 0.381 e. The van der Waals surface area contributed by atoms with E-state index < -0.39 is 11.8 Å². The highest BCUT2D eigenvalue weighted by molar-refractivity contribution is 5.72. The van der Waals surface area contributed by atoms with E-state index in [1.807, 2.05) is 0 Å². The van der Waals surface area contributed by atoms with Gasteiger partial charge in [-0.15, -0.1) is 0 Å². The molecule has 0 fully saturated rings. The van der Waals surface area contributed by atoms with Gasteiger partial charge in [-0.05, 0) is 46.1 Å². The Morgan fingerprint density at radius 2 is 1.75 bits per heavy atom. The predicted molar refractivity (Wildman–Crippen MR) is 96.0 cm³/mol. The summed E-state index contributed by atoms with van der Waals surface area (Å²) in [5.41, 5.74) is -0.915. The van der Waals surface area contributed by atoms with Crippen LogP contribution in [-0.2, 0) is 14.3 Å². The predicted octanol–water partition coefficient (Wildman–Crippen LogP) is 2.83. The fourth-order valence-electron chi connectivity index (χ4n) is 2.23. The second-order valence-corrected chi connectivity index (χ2v) is 6.64. The van der Waals surface area contributed by atoms with Crippen LogP contribution in [0, 0.1) is 0 Å². The molecule has 24 heavy (non-hydrogen) atoms. The van der Waals surface area contributed by atoms with Crippen molar-refractivity contribution in [3.63, 3.8) is 0 Å². The van der Waals surface area contributed by atoms with Gasteiger partial charge in [0, 0.05) is 32.8 Å². The Hall–Kier alpha value is -0.720. The van der Waals surface area contributed by atoms with Crippen LogP contribution in [0.5, 0.6) is 0 Å². The molecule has 0 radical (unpaired) electrons. The highest BCUT2D eigenvalue weighted by Gasteiger charge is 2.30. The molecular formula is C18H37FN2O3. The molecule has 5 nitrogen and oxygen atoms in total. The van der Waals surface area contributed by atoms with Crippen LogP contribution in [0.2, 0.25) is 0 Å². The molecule has 6 heteroatoms. The third-order valence-electron chi connectivity index (χ3n) is 4.08. The lowest BCUT2D eigenvalue weighted by atomic mass is 10.0. The second-order valence-electron chi connectivity index (χ2n) is 6.64. The van der Waals surface area contributed by atoms with E-state index in [2.05, 4.69) is 24.5 Å². The van der Waals surface area contributed by atoms with Crippen molar-refractivity contribution in [3.05, 3.63) is 0 Å². The zero-order chi connectivity index (χ0) is 18.4. The first-order valence-corrected chi connectivity index (χ1v) is 9.17. The molecule has 144 valence electrons. The van der Waals surface area contributed by atoms with E-state index >= 15 is 0 Å². The number of alkyl halides is 1. The number of hydrogen-bond acceptors (Lipinski definition) is 4. The van der Waals surface area contributed by atoms with Crippen molar-refractivity contribution in [1.29, 1.82) is 0 Å². The molecule has 1 amide bonds. The van der Waals surface area contributed by atoms with Crippen LogP contribution in [0.4, 0.5) is 4.39 Å². The summed E-state index contributed by atoms with van der Waals surface area (Å²) in [5.74, 6) is -0.236. The monoisotopic (exact) mass is 348 g/mol. The zero-order valence-corrected chi connectivity index (χ0v) is 16.1. The van der Waals surface area contributed by atoms with Crippen LogP contribution < -0.4 is 10.6 Å². The molecular weight excluding hydrogens is 311 g/mol. The smallest absolute Gasteiger partial charge is 0.216 e. The van der Waals surface area contributed by atoms with Gasteiger partial charge in [-0.2, -0.15) is 0 Å². The Balaban J connectivity index is 3.59. The summed E-state index contributed by atoms with van der Waals surface area (Å²) in [7, 11) is 0. The van der Waals surface area contributed by atoms with E-state index in [1.165, 1.54) is 6.92 Å². The van der Waals surface area contributed by atoms with E-state index in [1.54, 1.807) is 13.8 Å². The van der Waals surface area contributed by atoms with Gasteiger partial charge in [-0.3, -0.25) is 4.79 Å². The van der Waals surface area contributed by atoms with E-state index in [0.717, 1.165) is 38.8 Å². The topological polar surface area (TPSA) is 59.6 Å². The van der Waals surface area contributed by atoms with Crippen LogP contribution in [-0.4, -0.2) is 56.6 Å². The fraction of sp³-hybridized carbons (Fsp3) is 0.944. The molecule has 1 atom stereocenters. The van der Waals surface area contributed by atoms with E-state index in [0.29, 0.717) is 19.3 Å². The van der Waals surface area contributed by atoms with Gasteiger partial charge < -0.3 is 20.1 Å². The normalized spacial score (nSPS) is 13.3. The highest BCUT2D eigenvalue weighted by Crippen LogP contribution is 2.18. The molecule has 1 unspecified atom stereocenters. The summed E-state index contributed by atoms with van der Waals surface area (Å²) >= 11 is 0. The van der Waals surface area contributed by atoms with Gasteiger partial charge in [-0.1, -0.05) is 13.8 Å². The summed E-state index contributed by atoms with van der Waals surface area (Å²) in [4.78, 5) is 10.8. The Labute approximate surface area is 147 Å². The molecule has 0 spiro atoms. The van der Waals surface area contributed by atoms with E-state index in [4.69, 9.17) is 9.47 Å². The fourth-order valence-corrected chi connectivity index (χ4v) is 2.23. The number of ether oxygens (including phenoxy) is 2. The van der Waals surface area contributed by atoms with Crippen molar-refractivity contribution in [2.24, 2.45) is 0 Å². The van der Waals surface area contributed by atoms with Gasteiger partial charge in [0.1, 0.15) is 6.17 Å². The minimum atomic E-state index is -1.24. The molecule has 0 saturated heterocycles. The molecule has 0 saturated carbocycles. The average molecular weight is 349 g/mol. The van der Waals surface area contributed by atoms with Crippen molar-refractivity contribution >= 4 is 5.91 Å². The number of amides is 1. The Morgan fingerprint density at radius 1 is 1.12 bits per heavy atom. The lowest BCUT2D eigenvalue weighted by Crippen LogP contribution is -2.43. The summed E-state index contributed by atoms with van der Waals surface area (Å²) in [6.45, 7) is 11.9. The van der Waals surface area contributed by atoms with Crippen LogP contribution in [0.1, 0.15) is 60.3 Å². The molecule has 0 bridgehead atoms. The van der Waals surface area contributed by atoms with Crippen LogP contribution in [0.3, 0.4) is 0 Å². The van der Waals surface area contributed by atoms with Crippen LogP contribution in [0.15, 0.2) is 0 Å². The molecule has 0 aliphatic heterocycles. The number of nitrogens with one attached hydrogen (secondary N) is 2. The SMILES string of the molecule is CCC(CC)NCCCOCCCOC(C)(C)C(F)CNC(C)=O. The minimum absolute atomic E-state index is 0.0254. The van der Waals surface area contributed by atoms with Gasteiger partial charge in [0.15, 0.2) is 0 Å². The first kappa shape index (κ1) is 23.3.